The number of fused-ring (bicyclic) bond motifs is 1. The quantitative estimate of drug-likeness (QED) is 0.424. The molecule has 0 fully saturated rings. The highest BCUT2D eigenvalue weighted by Gasteiger charge is 1.98. The van der Waals surface area contributed by atoms with Crippen molar-refractivity contribution in [1.82, 2.24) is 0 Å². The lowest BCUT2D eigenvalue weighted by atomic mass is 10.0. The average Bonchev–Trinajstić information content (AvgIpc) is 2.53. The van der Waals surface area contributed by atoms with Crippen LogP contribution in [0.3, 0.4) is 0 Å². The van der Waals surface area contributed by atoms with Crippen molar-refractivity contribution in [2.45, 2.75) is 71.1 Å². The fraction of sp³-hybridized carbons (Fsp3) is 0.524. The molecule has 0 heteroatoms. The third-order valence-electron chi connectivity index (χ3n) is 4.27. The summed E-state index contributed by atoms with van der Waals surface area (Å²) in [6.45, 7) is 2.28. The number of hydrogen-bond acceptors (Lipinski definition) is 0. The van der Waals surface area contributed by atoms with E-state index in [2.05, 4.69) is 49.4 Å². The molecule has 0 heterocycles. The molecule has 0 saturated heterocycles. The van der Waals surface area contributed by atoms with Crippen molar-refractivity contribution in [2.24, 2.45) is 0 Å². The second-order valence-electron chi connectivity index (χ2n) is 6.15. The smallest absolute Gasteiger partial charge is 0.00643 e. The van der Waals surface area contributed by atoms with Crippen LogP contribution >= 0.6 is 0 Å². The van der Waals surface area contributed by atoms with Crippen LogP contribution in [0.5, 0.6) is 0 Å². The summed E-state index contributed by atoms with van der Waals surface area (Å²) in [5, 5.41) is 2.55. The van der Waals surface area contributed by atoms with E-state index in [9.17, 15) is 0 Å². The average molecular weight is 281 g/mol. The van der Waals surface area contributed by atoms with Gasteiger partial charge in [0.25, 0.3) is 0 Å². The first-order valence-electron chi connectivity index (χ1n) is 8.80. The third kappa shape index (κ3) is 5.91. The Morgan fingerprint density at radius 1 is 0.714 bits per heavy atom. The Kier molecular flexibility index (Phi) is 7.35. The molecule has 2 rings (SSSR count). The Morgan fingerprint density at radius 2 is 1.38 bits per heavy atom. The molecule has 1 radical (unpaired) electrons. The van der Waals surface area contributed by atoms with Gasteiger partial charge in [-0.3, -0.25) is 0 Å². The van der Waals surface area contributed by atoms with Gasteiger partial charge in [0.2, 0.25) is 0 Å². The van der Waals surface area contributed by atoms with Crippen LogP contribution in [-0.2, 0) is 6.42 Å². The van der Waals surface area contributed by atoms with Crippen molar-refractivity contribution in [3.8, 4) is 0 Å². The van der Waals surface area contributed by atoms with Crippen LogP contribution in [0.2, 0.25) is 0 Å². The van der Waals surface area contributed by atoms with Gasteiger partial charge in [-0.05, 0) is 35.2 Å². The van der Waals surface area contributed by atoms with Crippen molar-refractivity contribution in [2.75, 3.05) is 0 Å². The van der Waals surface area contributed by atoms with E-state index >= 15 is 0 Å². The van der Waals surface area contributed by atoms with Crippen LogP contribution in [0.1, 0.15) is 70.3 Å². The maximum Gasteiger partial charge on any atom is -0.00643 e. The molecule has 0 spiro atoms. The van der Waals surface area contributed by atoms with Crippen LogP contribution in [0.25, 0.3) is 10.8 Å². The van der Waals surface area contributed by atoms with E-state index in [4.69, 9.17) is 0 Å². The zero-order valence-corrected chi connectivity index (χ0v) is 13.5. The second-order valence-corrected chi connectivity index (χ2v) is 6.15. The van der Waals surface area contributed by atoms with Gasteiger partial charge in [0.05, 0.1) is 0 Å². The number of benzene rings is 2. The van der Waals surface area contributed by atoms with E-state index in [0.717, 1.165) is 0 Å². The Balaban J connectivity index is 1.59. The molecule has 21 heavy (non-hydrogen) atoms. The largest absolute Gasteiger partial charge is 0.0654 e. The van der Waals surface area contributed by atoms with Gasteiger partial charge in [-0.15, -0.1) is 0 Å². The fourth-order valence-electron chi connectivity index (χ4n) is 2.93. The lowest BCUT2D eigenvalue weighted by Gasteiger charge is -2.04. The zero-order chi connectivity index (χ0) is 14.8. The molecule has 0 aromatic heterocycles. The molecule has 0 unspecified atom stereocenters. The van der Waals surface area contributed by atoms with Crippen molar-refractivity contribution >= 4 is 10.8 Å². The monoisotopic (exact) mass is 281 g/mol. The third-order valence-corrected chi connectivity index (χ3v) is 4.27. The minimum absolute atomic E-state index is 1.18. The fourth-order valence-corrected chi connectivity index (χ4v) is 2.93. The maximum absolute atomic E-state index is 3.55. The summed E-state index contributed by atoms with van der Waals surface area (Å²) in [5.41, 5.74) is 1.37. The molecule has 0 bridgehead atoms. The highest BCUT2D eigenvalue weighted by atomic mass is 14.0. The summed E-state index contributed by atoms with van der Waals surface area (Å²) in [4.78, 5) is 0. The van der Waals surface area contributed by atoms with Gasteiger partial charge in [-0.2, -0.15) is 0 Å². The minimum Gasteiger partial charge on any atom is -0.0654 e. The van der Waals surface area contributed by atoms with E-state index in [1.807, 2.05) is 0 Å². The normalized spacial score (nSPS) is 11.1. The molecule has 0 aliphatic rings. The Hall–Kier alpha value is -1.30. The molecule has 0 amide bonds. The second kappa shape index (κ2) is 9.60. The molecule has 113 valence electrons. The predicted molar refractivity (Wildman–Crippen MR) is 93.7 cm³/mol. The van der Waals surface area contributed by atoms with Crippen LogP contribution < -0.4 is 0 Å². The molecular formula is C21H29. The number of aryl methyl sites for hydroxylation is 1. The maximum atomic E-state index is 3.55. The van der Waals surface area contributed by atoms with Crippen molar-refractivity contribution in [3.63, 3.8) is 0 Å². The van der Waals surface area contributed by atoms with E-state index < -0.39 is 0 Å². The predicted octanol–water partition coefficient (Wildman–Crippen LogP) is 6.71. The lowest BCUT2D eigenvalue weighted by Crippen LogP contribution is -1.87. The molecule has 0 N–H and O–H groups in total. The molecule has 0 saturated carbocycles. The first-order valence-corrected chi connectivity index (χ1v) is 8.80. The van der Waals surface area contributed by atoms with Gasteiger partial charge in [0.1, 0.15) is 0 Å². The molecule has 2 aromatic rings. The van der Waals surface area contributed by atoms with Crippen molar-refractivity contribution in [1.29, 1.82) is 0 Å². The van der Waals surface area contributed by atoms with E-state index in [1.54, 1.807) is 0 Å². The molecule has 0 aliphatic heterocycles. The molecule has 2 aromatic carbocycles. The van der Waals surface area contributed by atoms with Gasteiger partial charge < -0.3 is 0 Å². The summed E-state index contributed by atoms with van der Waals surface area (Å²) in [5.74, 6) is 0. The highest BCUT2D eigenvalue weighted by Crippen LogP contribution is 2.17. The first kappa shape index (κ1) is 16.1. The van der Waals surface area contributed by atoms with Crippen LogP contribution in [0.4, 0.5) is 0 Å². The molecule has 0 nitrogen and oxygen atoms in total. The van der Waals surface area contributed by atoms with E-state index in [0.29, 0.717) is 0 Å². The summed E-state index contributed by atoms with van der Waals surface area (Å²) in [7, 11) is 0. The summed E-state index contributed by atoms with van der Waals surface area (Å²) in [6.07, 6.45) is 13.8. The SMILES string of the molecule is CCCCCCCCCCCc1[c]c2ccccc2cc1. The van der Waals surface area contributed by atoms with Crippen LogP contribution in [0.15, 0.2) is 36.4 Å². The molecule has 0 aliphatic carbocycles. The number of rotatable bonds is 10. The van der Waals surface area contributed by atoms with E-state index in [-0.39, 0.29) is 0 Å². The Labute approximate surface area is 130 Å². The lowest BCUT2D eigenvalue weighted by molar-refractivity contribution is 0.565. The van der Waals surface area contributed by atoms with Crippen molar-refractivity contribution in [3.05, 3.63) is 48.0 Å². The van der Waals surface area contributed by atoms with Gasteiger partial charge in [0.15, 0.2) is 0 Å². The van der Waals surface area contributed by atoms with Gasteiger partial charge >= 0.3 is 0 Å². The van der Waals surface area contributed by atoms with E-state index in [1.165, 1.54) is 80.5 Å². The summed E-state index contributed by atoms with van der Waals surface area (Å²) < 4.78 is 0. The van der Waals surface area contributed by atoms with Crippen LogP contribution in [-0.4, -0.2) is 0 Å². The van der Waals surface area contributed by atoms with Gasteiger partial charge in [0, 0.05) is 0 Å². The van der Waals surface area contributed by atoms with Crippen LogP contribution in [0, 0.1) is 6.07 Å². The summed E-state index contributed by atoms with van der Waals surface area (Å²) >= 11 is 0. The highest BCUT2D eigenvalue weighted by molar-refractivity contribution is 5.82. The zero-order valence-electron chi connectivity index (χ0n) is 13.5. The van der Waals surface area contributed by atoms with Crippen molar-refractivity contribution < 1.29 is 0 Å². The van der Waals surface area contributed by atoms with Gasteiger partial charge in [-0.25, -0.2) is 0 Å². The molecule has 0 atom stereocenters. The minimum atomic E-state index is 1.18. The van der Waals surface area contributed by atoms with Gasteiger partial charge in [-0.1, -0.05) is 94.7 Å². The standard InChI is InChI=1S/C21H29/c1-2-3-4-5-6-7-8-9-10-13-19-16-17-20-14-11-12-15-21(20)18-19/h11-12,14-17H,2-10,13H2,1H3. The first-order chi connectivity index (χ1) is 10.4. The number of unbranched alkanes of at least 4 members (excludes halogenated alkanes) is 8. The number of hydrogen-bond donors (Lipinski definition) is 0. The Morgan fingerprint density at radius 3 is 2.14 bits per heavy atom. The topological polar surface area (TPSA) is 0 Å². The Bertz CT molecular complexity index is 512. The summed E-state index contributed by atoms with van der Waals surface area (Å²) in [6, 6.07) is 16.5. The molecular weight excluding hydrogens is 252 g/mol.